The van der Waals surface area contributed by atoms with E-state index in [9.17, 15) is 18.8 Å². The third-order valence-corrected chi connectivity index (χ3v) is 5.41. The number of carbonyl (C=O) groups excluding carboxylic acids is 1. The van der Waals surface area contributed by atoms with Crippen LogP contribution in [-0.4, -0.2) is 14.9 Å². The van der Waals surface area contributed by atoms with Gasteiger partial charge in [-0.1, -0.05) is 42.5 Å². The predicted octanol–water partition coefficient (Wildman–Crippen LogP) is 3.69. The second-order valence-corrected chi connectivity index (χ2v) is 8.14. The summed E-state index contributed by atoms with van der Waals surface area (Å²) in [5.74, 6) is -1.19. The zero-order valence-electron chi connectivity index (χ0n) is 18.8. The number of nitrogens with one attached hydrogen (secondary N) is 1. The van der Waals surface area contributed by atoms with E-state index in [0.29, 0.717) is 5.56 Å². The number of benzene rings is 2. The minimum atomic E-state index is -0.675. The fourth-order valence-electron chi connectivity index (χ4n) is 3.58. The lowest BCUT2D eigenvalue weighted by Crippen LogP contribution is -2.32. The number of amides is 1. The molecule has 7 nitrogen and oxygen atoms in total. The Kier molecular flexibility index (Phi) is 6.58. The molecule has 0 saturated heterocycles. The van der Waals surface area contributed by atoms with Crippen molar-refractivity contribution in [3.05, 3.63) is 116 Å². The Morgan fingerprint density at radius 2 is 1.71 bits per heavy atom. The quantitative estimate of drug-likeness (QED) is 0.455. The van der Waals surface area contributed by atoms with Gasteiger partial charge < -0.3 is 19.0 Å². The van der Waals surface area contributed by atoms with Crippen LogP contribution in [0.2, 0.25) is 0 Å². The molecule has 0 aliphatic heterocycles. The lowest BCUT2D eigenvalue weighted by atomic mass is 10.2. The van der Waals surface area contributed by atoms with E-state index in [2.05, 4.69) is 5.32 Å². The molecule has 8 heteroatoms. The van der Waals surface area contributed by atoms with Crippen LogP contribution in [0.1, 0.15) is 41.4 Å². The molecule has 2 heterocycles. The topological polar surface area (TPSA) is 81.8 Å². The van der Waals surface area contributed by atoms with Crippen LogP contribution < -0.4 is 21.0 Å². The average molecular weight is 461 g/mol. The van der Waals surface area contributed by atoms with Crippen LogP contribution in [0.4, 0.5) is 4.39 Å². The van der Waals surface area contributed by atoms with Gasteiger partial charge in [0.1, 0.15) is 18.0 Å². The molecule has 34 heavy (non-hydrogen) atoms. The molecule has 4 rings (SSSR count). The smallest absolute Gasteiger partial charge is 0.279 e. The Morgan fingerprint density at radius 3 is 2.38 bits per heavy atom. The van der Waals surface area contributed by atoms with Crippen molar-refractivity contribution in [3.8, 4) is 5.75 Å². The van der Waals surface area contributed by atoms with Crippen LogP contribution in [0.3, 0.4) is 0 Å². The summed E-state index contributed by atoms with van der Waals surface area (Å²) < 4.78 is 21.9. The van der Waals surface area contributed by atoms with Gasteiger partial charge in [-0.3, -0.25) is 14.4 Å². The number of hydrogen-bond donors (Lipinski definition) is 1. The molecule has 0 aliphatic carbocycles. The molecule has 0 atom stereocenters. The van der Waals surface area contributed by atoms with E-state index in [1.54, 1.807) is 24.5 Å². The van der Waals surface area contributed by atoms with Crippen molar-refractivity contribution < 1.29 is 13.9 Å². The van der Waals surface area contributed by atoms with Crippen molar-refractivity contribution in [1.29, 1.82) is 0 Å². The summed E-state index contributed by atoms with van der Waals surface area (Å²) in [5, 5.41) is 2.67. The third kappa shape index (κ3) is 4.76. The molecule has 174 valence electrons. The highest BCUT2D eigenvalue weighted by atomic mass is 19.1. The van der Waals surface area contributed by atoms with Gasteiger partial charge in [0.05, 0.1) is 0 Å². The Labute approximate surface area is 195 Å². The monoisotopic (exact) mass is 461 g/mol. The maximum absolute atomic E-state index is 13.3. The minimum Gasteiger partial charge on any atom is -0.483 e. The first-order valence-corrected chi connectivity index (χ1v) is 10.8. The number of carbonyl (C=O) groups is 1. The Balaban J connectivity index is 1.75. The van der Waals surface area contributed by atoms with Crippen molar-refractivity contribution in [2.45, 2.75) is 33.0 Å². The standard InChI is InChI=1S/C26H24FN3O4/c1-17(2)30-13-12-29-15-21(25(32)28-14-18-8-10-20(27)11-9-18)23(31)24(22(29)26(30)33)34-16-19-6-4-3-5-7-19/h3-13,15,17H,14,16H2,1-2H3,(H,28,32). The van der Waals surface area contributed by atoms with Crippen molar-refractivity contribution in [3.63, 3.8) is 0 Å². The summed E-state index contributed by atoms with van der Waals surface area (Å²) in [5.41, 5.74) is 0.320. The number of hydrogen-bond acceptors (Lipinski definition) is 4. The predicted molar refractivity (Wildman–Crippen MR) is 127 cm³/mol. The van der Waals surface area contributed by atoms with E-state index in [-0.39, 0.29) is 41.8 Å². The van der Waals surface area contributed by atoms with Crippen LogP contribution in [0.25, 0.3) is 5.52 Å². The molecule has 2 aromatic carbocycles. The van der Waals surface area contributed by atoms with Gasteiger partial charge in [-0.15, -0.1) is 0 Å². The molecular formula is C26H24FN3O4. The van der Waals surface area contributed by atoms with E-state index in [1.165, 1.54) is 27.3 Å². The second-order valence-electron chi connectivity index (χ2n) is 8.14. The van der Waals surface area contributed by atoms with Gasteiger partial charge in [-0.25, -0.2) is 4.39 Å². The fraction of sp³-hybridized carbons (Fsp3) is 0.192. The lowest BCUT2D eigenvalue weighted by molar-refractivity contribution is 0.0948. The first-order chi connectivity index (χ1) is 16.3. The van der Waals surface area contributed by atoms with Gasteiger partial charge in [0, 0.05) is 31.2 Å². The van der Waals surface area contributed by atoms with Crippen LogP contribution >= 0.6 is 0 Å². The van der Waals surface area contributed by atoms with Crippen LogP contribution in [0.5, 0.6) is 5.75 Å². The van der Waals surface area contributed by atoms with Gasteiger partial charge >= 0.3 is 0 Å². The van der Waals surface area contributed by atoms with Crippen LogP contribution in [-0.2, 0) is 13.2 Å². The third-order valence-electron chi connectivity index (χ3n) is 5.41. The molecule has 2 aromatic heterocycles. The average Bonchev–Trinajstić information content (AvgIpc) is 2.83. The highest BCUT2D eigenvalue weighted by molar-refractivity contribution is 5.94. The van der Waals surface area contributed by atoms with Gasteiger partial charge in [0.25, 0.3) is 11.5 Å². The number of aromatic nitrogens is 2. The maximum atomic E-state index is 13.3. The van der Waals surface area contributed by atoms with E-state index >= 15 is 0 Å². The highest BCUT2D eigenvalue weighted by Gasteiger charge is 2.21. The Bertz CT molecular complexity index is 1440. The minimum absolute atomic E-state index is 0.0579. The number of ether oxygens (including phenoxy) is 1. The molecule has 0 unspecified atom stereocenters. The lowest BCUT2D eigenvalue weighted by Gasteiger charge is -2.15. The number of nitrogens with zero attached hydrogens (tertiary/aromatic N) is 2. The molecule has 0 bridgehead atoms. The molecule has 0 aliphatic rings. The normalized spacial score (nSPS) is 11.1. The van der Waals surface area contributed by atoms with E-state index in [0.717, 1.165) is 5.56 Å². The molecule has 1 N–H and O–H groups in total. The van der Waals surface area contributed by atoms with Crippen molar-refractivity contribution in [2.24, 2.45) is 0 Å². The van der Waals surface area contributed by atoms with Crippen molar-refractivity contribution in [1.82, 2.24) is 14.3 Å². The Morgan fingerprint density at radius 1 is 1.00 bits per heavy atom. The van der Waals surface area contributed by atoms with Gasteiger partial charge in [0.2, 0.25) is 5.43 Å². The van der Waals surface area contributed by atoms with Gasteiger partial charge in [-0.2, -0.15) is 0 Å². The van der Waals surface area contributed by atoms with Crippen LogP contribution in [0.15, 0.2) is 82.8 Å². The summed E-state index contributed by atoms with van der Waals surface area (Å²) >= 11 is 0. The molecule has 0 fully saturated rings. The van der Waals surface area contributed by atoms with E-state index in [1.807, 2.05) is 44.2 Å². The molecule has 0 spiro atoms. The van der Waals surface area contributed by atoms with E-state index in [4.69, 9.17) is 4.74 Å². The first kappa shape index (κ1) is 23.0. The van der Waals surface area contributed by atoms with Crippen molar-refractivity contribution in [2.75, 3.05) is 0 Å². The van der Waals surface area contributed by atoms with Crippen LogP contribution in [0, 0.1) is 5.82 Å². The summed E-state index contributed by atoms with van der Waals surface area (Å²) in [6.07, 6.45) is 4.55. The SMILES string of the molecule is CC(C)n1ccn2cc(C(=O)NCc3ccc(F)cc3)c(=O)c(OCc3ccccc3)c2c1=O. The zero-order valence-corrected chi connectivity index (χ0v) is 18.8. The van der Waals surface area contributed by atoms with E-state index < -0.39 is 16.9 Å². The molecular weight excluding hydrogens is 437 g/mol. The number of fused-ring (bicyclic) bond motifs is 1. The molecule has 1 amide bonds. The number of pyridine rings is 1. The van der Waals surface area contributed by atoms with Gasteiger partial charge in [0.15, 0.2) is 11.3 Å². The number of halogens is 1. The maximum Gasteiger partial charge on any atom is 0.279 e. The summed E-state index contributed by atoms with van der Waals surface area (Å²) in [7, 11) is 0. The highest BCUT2D eigenvalue weighted by Crippen LogP contribution is 2.16. The molecule has 0 radical (unpaired) electrons. The largest absolute Gasteiger partial charge is 0.483 e. The molecule has 4 aromatic rings. The van der Waals surface area contributed by atoms with Gasteiger partial charge in [-0.05, 0) is 37.1 Å². The fourth-order valence-corrected chi connectivity index (χ4v) is 3.58. The zero-order chi connectivity index (χ0) is 24.2. The van der Waals surface area contributed by atoms with Crippen molar-refractivity contribution >= 4 is 11.4 Å². The summed E-state index contributed by atoms with van der Waals surface area (Å²) in [6, 6.07) is 14.8. The first-order valence-electron chi connectivity index (χ1n) is 10.8. The Hall–Kier alpha value is -4.20. The summed E-state index contributed by atoms with van der Waals surface area (Å²) in [4.78, 5) is 39.4. The summed E-state index contributed by atoms with van der Waals surface area (Å²) in [6.45, 7) is 3.88. The number of rotatable bonds is 7. The molecule has 0 saturated carbocycles. The second kappa shape index (κ2) is 9.74.